The first kappa shape index (κ1) is 8.30. The van der Waals surface area contributed by atoms with Crippen molar-refractivity contribution in [1.82, 2.24) is 5.32 Å². The van der Waals surface area contributed by atoms with E-state index >= 15 is 0 Å². The van der Waals surface area contributed by atoms with Crippen molar-refractivity contribution in [3.63, 3.8) is 0 Å². The second-order valence-corrected chi connectivity index (χ2v) is 3.49. The van der Waals surface area contributed by atoms with Crippen LogP contribution in [-0.4, -0.2) is 11.9 Å². The molecule has 1 N–H and O–H groups in total. The molecule has 1 heterocycles. The first-order chi connectivity index (χ1) is 6.34. The fourth-order valence-corrected chi connectivity index (χ4v) is 1.73. The highest BCUT2D eigenvalue weighted by atomic mass is 16.1. The minimum absolute atomic E-state index is 0. The molecule has 0 unspecified atom stereocenters. The molecule has 1 fully saturated rings. The minimum Gasteiger partial charge on any atom is -0.353 e. The van der Waals surface area contributed by atoms with Gasteiger partial charge in [0.25, 0.3) is 0 Å². The summed E-state index contributed by atoms with van der Waals surface area (Å²) in [6, 6.07) is 10.6. The number of carbonyl (C=O) groups is 1. The molecule has 13 heavy (non-hydrogen) atoms. The number of amides is 1. The molecular weight excluding hydrogens is 162 g/mol. The normalized spacial score (nSPS) is 21.5. The standard InChI is InChI=1S/C11H13NO.H2/c13-11-7-6-10(12-11)8-9-4-2-1-3-5-9;/h1-5,10H,6-8H2,(H,12,13);1H/t10-;/m1./s1. The Kier molecular flexibility index (Phi) is 2.30. The first-order valence-corrected chi connectivity index (χ1v) is 4.68. The van der Waals surface area contributed by atoms with Gasteiger partial charge in [-0.15, -0.1) is 0 Å². The van der Waals surface area contributed by atoms with E-state index in [0.29, 0.717) is 12.5 Å². The fraction of sp³-hybridized carbons (Fsp3) is 0.364. The fourth-order valence-electron chi connectivity index (χ4n) is 1.73. The lowest BCUT2D eigenvalue weighted by atomic mass is 10.1. The Morgan fingerprint density at radius 1 is 1.38 bits per heavy atom. The molecule has 0 radical (unpaired) electrons. The monoisotopic (exact) mass is 177 g/mol. The van der Waals surface area contributed by atoms with Gasteiger partial charge in [0, 0.05) is 13.9 Å². The highest BCUT2D eigenvalue weighted by molar-refractivity contribution is 5.78. The maximum Gasteiger partial charge on any atom is 0.220 e. The zero-order chi connectivity index (χ0) is 9.10. The largest absolute Gasteiger partial charge is 0.353 e. The van der Waals surface area contributed by atoms with Crippen molar-refractivity contribution in [2.75, 3.05) is 0 Å². The molecule has 70 valence electrons. The van der Waals surface area contributed by atoms with Gasteiger partial charge in [0.2, 0.25) is 5.91 Å². The number of hydrogen-bond donors (Lipinski definition) is 1. The Hall–Kier alpha value is -1.31. The lowest BCUT2D eigenvalue weighted by Crippen LogP contribution is -2.27. The zero-order valence-electron chi connectivity index (χ0n) is 7.49. The summed E-state index contributed by atoms with van der Waals surface area (Å²) in [5.74, 6) is 0.195. The van der Waals surface area contributed by atoms with E-state index in [9.17, 15) is 4.79 Å². The molecule has 1 aromatic rings. The quantitative estimate of drug-likeness (QED) is 0.732. The predicted molar refractivity (Wildman–Crippen MR) is 53.4 cm³/mol. The van der Waals surface area contributed by atoms with Crippen molar-refractivity contribution >= 4 is 5.91 Å². The molecule has 1 amide bonds. The molecular formula is C11H15NO. The van der Waals surface area contributed by atoms with Crippen molar-refractivity contribution < 1.29 is 6.22 Å². The molecule has 2 nitrogen and oxygen atoms in total. The van der Waals surface area contributed by atoms with Crippen LogP contribution in [0.5, 0.6) is 0 Å². The highest BCUT2D eigenvalue weighted by Gasteiger charge is 2.20. The van der Waals surface area contributed by atoms with Gasteiger partial charge in [-0.3, -0.25) is 4.79 Å². The van der Waals surface area contributed by atoms with Crippen molar-refractivity contribution in [2.45, 2.75) is 25.3 Å². The van der Waals surface area contributed by atoms with E-state index in [2.05, 4.69) is 17.4 Å². The lowest BCUT2D eigenvalue weighted by Gasteiger charge is -2.08. The van der Waals surface area contributed by atoms with Gasteiger partial charge in [-0.2, -0.15) is 0 Å². The Balaban J connectivity index is 0.000000980. The maximum atomic E-state index is 10.9. The lowest BCUT2D eigenvalue weighted by molar-refractivity contribution is -0.119. The second kappa shape index (κ2) is 3.60. The van der Waals surface area contributed by atoms with Crippen molar-refractivity contribution in [2.24, 2.45) is 0 Å². The maximum absolute atomic E-state index is 10.9. The van der Waals surface area contributed by atoms with Crippen LogP contribution in [0.4, 0.5) is 0 Å². The van der Waals surface area contributed by atoms with Crippen molar-refractivity contribution in [1.29, 1.82) is 0 Å². The molecule has 0 bridgehead atoms. The second-order valence-electron chi connectivity index (χ2n) is 3.49. The summed E-state index contributed by atoms with van der Waals surface area (Å²) >= 11 is 0. The summed E-state index contributed by atoms with van der Waals surface area (Å²) in [4.78, 5) is 10.9. The number of hydrogen-bond acceptors (Lipinski definition) is 1. The van der Waals surface area contributed by atoms with Crippen molar-refractivity contribution in [3.8, 4) is 0 Å². The Bertz CT molecular complexity index is 299. The van der Waals surface area contributed by atoms with E-state index < -0.39 is 0 Å². The predicted octanol–water partition coefficient (Wildman–Crippen LogP) is 1.75. The topological polar surface area (TPSA) is 29.1 Å². The molecule has 1 aromatic carbocycles. The van der Waals surface area contributed by atoms with Crippen molar-refractivity contribution in [3.05, 3.63) is 35.9 Å². The van der Waals surface area contributed by atoms with Crippen LogP contribution in [-0.2, 0) is 11.2 Å². The molecule has 2 heteroatoms. The summed E-state index contributed by atoms with van der Waals surface area (Å²) < 4.78 is 0. The summed E-state index contributed by atoms with van der Waals surface area (Å²) in [7, 11) is 0. The van der Waals surface area contributed by atoms with Crippen LogP contribution in [0.2, 0.25) is 0 Å². The Morgan fingerprint density at radius 2 is 2.15 bits per heavy atom. The van der Waals surface area contributed by atoms with Gasteiger partial charge in [-0.25, -0.2) is 0 Å². The SMILES string of the molecule is O=C1CC[C@H](Cc2ccccc2)N1.[HH]. The third-order valence-corrected chi connectivity index (χ3v) is 2.41. The first-order valence-electron chi connectivity index (χ1n) is 4.68. The minimum atomic E-state index is 0. The molecule has 1 aliphatic heterocycles. The van der Waals surface area contributed by atoms with Crippen LogP contribution in [0.15, 0.2) is 30.3 Å². The smallest absolute Gasteiger partial charge is 0.220 e. The third kappa shape index (κ3) is 2.08. The van der Waals surface area contributed by atoms with Gasteiger partial charge >= 0.3 is 0 Å². The van der Waals surface area contributed by atoms with E-state index in [0.717, 1.165) is 12.8 Å². The molecule has 1 aliphatic rings. The summed E-state index contributed by atoms with van der Waals surface area (Å²) in [6.07, 6.45) is 2.64. The van der Waals surface area contributed by atoms with E-state index in [4.69, 9.17) is 0 Å². The van der Waals surface area contributed by atoms with E-state index in [-0.39, 0.29) is 7.33 Å². The van der Waals surface area contributed by atoms with Crippen LogP contribution >= 0.6 is 0 Å². The molecule has 1 saturated heterocycles. The molecule has 0 spiro atoms. The van der Waals surface area contributed by atoms with Gasteiger partial charge in [-0.1, -0.05) is 30.3 Å². The zero-order valence-corrected chi connectivity index (χ0v) is 7.49. The van der Waals surface area contributed by atoms with Crippen LogP contribution < -0.4 is 5.32 Å². The molecule has 2 rings (SSSR count). The van der Waals surface area contributed by atoms with Crippen LogP contribution in [0, 0.1) is 0 Å². The number of carbonyl (C=O) groups excluding carboxylic acids is 1. The van der Waals surface area contributed by atoms with Gasteiger partial charge in [-0.05, 0) is 18.4 Å². The molecule has 1 atom stereocenters. The Labute approximate surface area is 79.4 Å². The third-order valence-electron chi connectivity index (χ3n) is 2.41. The highest BCUT2D eigenvalue weighted by Crippen LogP contribution is 2.12. The average Bonchev–Trinajstić information content (AvgIpc) is 2.53. The summed E-state index contributed by atoms with van der Waals surface area (Å²) in [5, 5.41) is 2.96. The number of nitrogens with one attached hydrogen (secondary N) is 1. The van der Waals surface area contributed by atoms with E-state index in [1.807, 2.05) is 18.2 Å². The molecule has 0 saturated carbocycles. The van der Waals surface area contributed by atoms with Crippen LogP contribution in [0.25, 0.3) is 0 Å². The average molecular weight is 177 g/mol. The van der Waals surface area contributed by atoms with Gasteiger partial charge in [0.15, 0.2) is 0 Å². The van der Waals surface area contributed by atoms with E-state index in [1.165, 1.54) is 5.56 Å². The summed E-state index contributed by atoms with van der Waals surface area (Å²) in [6.45, 7) is 0. The Morgan fingerprint density at radius 3 is 2.77 bits per heavy atom. The number of benzene rings is 1. The molecule has 0 aliphatic carbocycles. The summed E-state index contributed by atoms with van der Waals surface area (Å²) in [5.41, 5.74) is 1.30. The van der Waals surface area contributed by atoms with Crippen LogP contribution in [0.1, 0.15) is 19.8 Å². The van der Waals surface area contributed by atoms with Gasteiger partial charge in [0.1, 0.15) is 0 Å². The molecule has 0 aromatic heterocycles. The van der Waals surface area contributed by atoms with Gasteiger partial charge in [0.05, 0.1) is 0 Å². The van der Waals surface area contributed by atoms with E-state index in [1.54, 1.807) is 0 Å². The van der Waals surface area contributed by atoms with Crippen LogP contribution in [0.3, 0.4) is 0 Å². The van der Waals surface area contributed by atoms with Gasteiger partial charge < -0.3 is 5.32 Å². The number of rotatable bonds is 2.